The zero-order chi connectivity index (χ0) is 14.4. The highest BCUT2D eigenvalue weighted by molar-refractivity contribution is 6.34. The van der Waals surface area contributed by atoms with Gasteiger partial charge in [-0.05, 0) is 37.6 Å². The molecule has 0 aliphatic carbocycles. The van der Waals surface area contributed by atoms with Gasteiger partial charge in [0.15, 0.2) is 0 Å². The van der Waals surface area contributed by atoms with E-state index >= 15 is 0 Å². The van der Waals surface area contributed by atoms with Crippen LogP contribution < -0.4 is 5.32 Å². The second kappa shape index (κ2) is 7.26. The van der Waals surface area contributed by atoms with E-state index in [4.69, 9.17) is 27.9 Å². The minimum atomic E-state index is -0.415. The van der Waals surface area contributed by atoms with Crippen molar-refractivity contribution >= 4 is 29.1 Å². The Morgan fingerprint density at radius 1 is 1.32 bits per heavy atom. The van der Waals surface area contributed by atoms with Gasteiger partial charge in [0, 0.05) is 16.6 Å². The van der Waals surface area contributed by atoms with E-state index in [0.29, 0.717) is 16.7 Å². The maximum atomic E-state index is 11.7. The molecule has 0 atom stereocenters. The average molecular weight is 304 g/mol. The highest BCUT2D eigenvalue weighted by Gasteiger charge is 2.11. The topological polar surface area (TPSA) is 58.6 Å². The van der Waals surface area contributed by atoms with E-state index in [-0.39, 0.29) is 18.1 Å². The van der Waals surface area contributed by atoms with Crippen molar-refractivity contribution in [2.45, 2.75) is 20.4 Å². The molecule has 0 unspecified atom stereocenters. The molecule has 1 aromatic carbocycles. The minimum absolute atomic E-state index is 0.120. The van der Waals surface area contributed by atoms with Crippen LogP contribution in [0.25, 0.3) is 0 Å². The Labute approximate surface area is 122 Å². The number of carbonyl (C=O) groups excluding carboxylic acids is 1. The van der Waals surface area contributed by atoms with Crippen molar-refractivity contribution in [3.05, 3.63) is 45.3 Å². The molecule has 0 fully saturated rings. The number of carbonyl (C=O) groups is 1. The molecule has 0 aliphatic heterocycles. The van der Waals surface area contributed by atoms with Crippen molar-refractivity contribution in [1.29, 1.82) is 0 Å². The molecule has 6 heteroatoms. The van der Waals surface area contributed by atoms with E-state index in [1.165, 1.54) is 6.92 Å². The quantitative estimate of drug-likeness (QED) is 0.647. The molecule has 0 radical (unpaired) electrons. The Hall–Kier alpha value is -1.39. The molecule has 0 saturated carbocycles. The lowest BCUT2D eigenvalue weighted by Crippen LogP contribution is -2.24. The van der Waals surface area contributed by atoms with Gasteiger partial charge in [0.1, 0.15) is 0 Å². The van der Waals surface area contributed by atoms with Crippen molar-refractivity contribution in [2.75, 3.05) is 6.61 Å². The number of nitrogens with one attached hydrogen (secondary N) is 1. The van der Waals surface area contributed by atoms with Gasteiger partial charge in [-0.2, -0.15) is 0 Å². The molecule has 0 aromatic heterocycles. The van der Waals surface area contributed by atoms with Crippen molar-refractivity contribution in [1.82, 2.24) is 5.32 Å². The lowest BCUT2D eigenvalue weighted by atomic mass is 10.2. The molecule has 0 bridgehead atoms. The Kier molecular flexibility index (Phi) is 5.99. The fourth-order valence-electron chi connectivity index (χ4n) is 1.37. The average Bonchev–Trinajstić information content (AvgIpc) is 2.34. The van der Waals surface area contributed by atoms with Crippen molar-refractivity contribution in [2.24, 2.45) is 0 Å². The van der Waals surface area contributed by atoms with Gasteiger partial charge in [-0.25, -0.2) is 0 Å². The summed E-state index contributed by atoms with van der Waals surface area (Å²) in [4.78, 5) is 11.7. The summed E-state index contributed by atoms with van der Waals surface area (Å²) in [5.41, 5.74) is 0.893. The third-order valence-electron chi connectivity index (χ3n) is 2.32. The summed E-state index contributed by atoms with van der Waals surface area (Å²) >= 11 is 11.7. The minimum Gasteiger partial charge on any atom is -0.481 e. The summed E-state index contributed by atoms with van der Waals surface area (Å²) in [5, 5.41) is 13.1. The summed E-state index contributed by atoms with van der Waals surface area (Å²) in [5.74, 6) is -0.786. The molecule has 0 aliphatic rings. The molecule has 0 spiro atoms. The number of rotatable bonds is 5. The number of halogens is 2. The second-order valence-corrected chi connectivity index (χ2v) is 4.70. The lowest BCUT2D eigenvalue weighted by molar-refractivity contribution is -0.118. The van der Waals surface area contributed by atoms with Gasteiger partial charge in [-0.3, -0.25) is 4.79 Å². The molecule has 1 aromatic rings. The first-order valence-electron chi connectivity index (χ1n) is 5.69. The highest BCUT2D eigenvalue weighted by Crippen LogP contribution is 2.19. The van der Waals surface area contributed by atoms with Gasteiger partial charge in [0.05, 0.1) is 12.2 Å². The molecule has 1 amide bonds. The SMILES string of the molecule is CCO/C(O)=C(\C)C(=O)NCc1cc(Cl)cc(Cl)c1. The standard InChI is InChI=1S/C13H15Cl2NO3/c1-3-19-13(18)8(2)12(17)16-7-9-4-10(14)6-11(15)5-9/h4-6,18H,3,7H2,1-2H3,(H,16,17)/b13-8+. The Morgan fingerprint density at radius 2 is 1.89 bits per heavy atom. The second-order valence-electron chi connectivity index (χ2n) is 3.82. The molecule has 19 heavy (non-hydrogen) atoms. The lowest BCUT2D eigenvalue weighted by Gasteiger charge is -2.08. The summed E-state index contributed by atoms with van der Waals surface area (Å²) in [6, 6.07) is 5.02. The predicted octanol–water partition coefficient (Wildman–Crippen LogP) is 3.44. The van der Waals surface area contributed by atoms with Crippen molar-refractivity contribution in [3.63, 3.8) is 0 Å². The number of ether oxygens (including phenoxy) is 1. The maximum absolute atomic E-state index is 11.7. The molecule has 2 N–H and O–H groups in total. The predicted molar refractivity (Wildman–Crippen MR) is 75.3 cm³/mol. The van der Waals surface area contributed by atoms with E-state index in [1.54, 1.807) is 25.1 Å². The van der Waals surface area contributed by atoms with Crippen LogP contribution in [0.2, 0.25) is 10.0 Å². The first-order chi connectivity index (χ1) is 8.93. The van der Waals surface area contributed by atoms with Gasteiger partial charge >= 0.3 is 0 Å². The Bertz CT molecular complexity index is 480. The summed E-state index contributed by atoms with van der Waals surface area (Å²) in [6.07, 6.45) is 0. The van der Waals surface area contributed by atoms with Crippen LogP contribution in [-0.2, 0) is 16.1 Å². The molecule has 0 heterocycles. The normalized spacial score (nSPS) is 11.8. The number of aliphatic hydroxyl groups is 1. The molecule has 0 saturated heterocycles. The van der Waals surface area contributed by atoms with E-state index in [2.05, 4.69) is 5.32 Å². The van der Waals surface area contributed by atoms with Crippen molar-refractivity contribution in [3.8, 4) is 0 Å². The molecular formula is C13H15Cl2NO3. The molecule has 104 valence electrons. The fourth-order valence-corrected chi connectivity index (χ4v) is 1.94. The smallest absolute Gasteiger partial charge is 0.285 e. The van der Waals surface area contributed by atoms with E-state index in [0.717, 1.165) is 5.56 Å². The molecule has 4 nitrogen and oxygen atoms in total. The maximum Gasteiger partial charge on any atom is 0.285 e. The van der Waals surface area contributed by atoms with Crippen LogP contribution in [0.4, 0.5) is 0 Å². The van der Waals surface area contributed by atoms with Gasteiger partial charge in [-0.15, -0.1) is 0 Å². The van der Waals surface area contributed by atoms with Crippen LogP contribution in [0.5, 0.6) is 0 Å². The van der Waals surface area contributed by atoms with Gasteiger partial charge in [0.2, 0.25) is 0 Å². The number of hydrogen-bond acceptors (Lipinski definition) is 3. The van der Waals surface area contributed by atoms with Crippen LogP contribution >= 0.6 is 23.2 Å². The highest BCUT2D eigenvalue weighted by atomic mass is 35.5. The zero-order valence-electron chi connectivity index (χ0n) is 10.7. The first-order valence-corrected chi connectivity index (χ1v) is 6.45. The number of benzene rings is 1. The van der Waals surface area contributed by atoms with Gasteiger partial charge < -0.3 is 15.2 Å². The third-order valence-corrected chi connectivity index (χ3v) is 2.75. The summed E-state index contributed by atoms with van der Waals surface area (Å²) in [6.45, 7) is 3.75. The fraction of sp³-hybridized carbons (Fsp3) is 0.308. The van der Waals surface area contributed by atoms with Gasteiger partial charge in [-0.1, -0.05) is 23.2 Å². The summed E-state index contributed by atoms with van der Waals surface area (Å²) < 4.78 is 4.85. The van der Waals surface area contributed by atoms with Crippen LogP contribution in [-0.4, -0.2) is 17.6 Å². The summed E-state index contributed by atoms with van der Waals surface area (Å²) in [7, 11) is 0. The monoisotopic (exact) mass is 303 g/mol. The van der Waals surface area contributed by atoms with E-state index in [9.17, 15) is 9.90 Å². The van der Waals surface area contributed by atoms with E-state index in [1.807, 2.05) is 0 Å². The number of hydrogen-bond donors (Lipinski definition) is 2. The first kappa shape index (κ1) is 15.7. The van der Waals surface area contributed by atoms with Crippen LogP contribution in [0.15, 0.2) is 29.7 Å². The molecular weight excluding hydrogens is 289 g/mol. The Balaban J connectivity index is 2.66. The van der Waals surface area contributed by atoms with E-state index < -0.39 is 5.91 Å². The zero-order valence-corrected chi connectivity index (χ0v) is 12.2. The third kappa shape index (κ3) is 5.01. The van der Waals surface area contributed by atoms with Crippen LogP contribution in [0.1, 0.15) is 19.4 Å². The van der Waals surface area contributed by atoms with Crippen molar-refractivity contribution < 1.29 is 14.6 Å². The van der Waals surface area contributed by atoms with Crippen LogP contribution in [0.3, 0.4) is 0 Å². The molecule has 1 rings (SSSR count). The number of aliphatic hydroxyl groups excluding tert-OH is 1. The largest absolute Gasteiger partial charge is 0.481 e. The number of amides is 1. The van der Waals surface area contributed by atoms with Gasteiger partial charge in [0.25, 0.3) is 11.9 Å². The Morgan fingerprint density at radius 3 is 2.42 bits per heavy atom. The van der Waals surface area contributed by atoms with Crippen LogP contribution in [0, 0.1) is 0 Å².